The predicted octanol–water partition coefficient (Wildman–Crippen LogP) is 2.24. The second-order valence-corrected chi connectivity index (χ2v) is 5.84. The van der Waals surface area contributed by atoms with Gasteiger partial charge in [-0.25, -0.2) is 0 Å². The number of esters is 1. The quantitative estimate of drug-likeness (QED) is 0.680. The van der Waals surface area contributed by atoms with Crippen molar-refractivity contribution in [1.82, 2.24) is 0 Å². The van der Waals surface area contributed by atoms with Crippen LogP contribution in [0.25, 0.3) is 0 Å². The number of nitrogens with two attached hydrogens (primary N) is 1. The topological polar surface area (TPSA) is 52.3 Å². The van der Waals surface area contributed by atoms with Gasteiger partial charge in [0.05, 0.1) is 5.92 Å². The molecule has 0 spiro atoms. The highest BCUT2D eigenvalue weighted by atomic mass is 16.6. The van der Waals surface area contributed by atoms with Crippen LogP contribution in [0.4, 0.5) is 0 Å². The molecule has 0 aromatic heterocycles. The first kappa shape index (κ1) is 12.5. The van der Waals surface area contributed by atoms with Gasteiger partial charge in [-0.3, -0.25) is 4.79 Å². The normalized spacial score (nSPS) is 32.5. The molecule has 2 unspecified atom stereocenters. The van der Waals surface area contributed by atoms with Crippen LogP contribution < -0.4 is 5.73 Å². The van der Waals surface area contributed by atoms with Crippen molar-refractivity contribution in [3.63, 3.8) is 0 Å². The van der Waals surface area contributed by atoms with Crippen LogP contribution in [-0.4, -0.2) is 17.1 Å². The molecule has 3 heteroatoms. The maximum atomic E-state index is 11.9. The van der Waals surface area contributed by atoms with Gasteiger partial charge in [-0.2, -0.15) is 0 Å². The highest BCUT2D eigenvalue weighted by Crippen LogP contribution is 2.33. The van der Waals surface area contributed by atoms with Crippen LogP contribution >= 0.6 is 0 Å². The molecule has 2 atom stereocenters. The number of hydrogen-bond acceptors (Lipinski definition) is 3. The first-order valence-corrected chi connectivity index (χ1v) is 5.74. The van der Waals surface area contributed by atoms with Crippen molar-refractivity contribution in [2.45, 2.75) is 64.5 Å². The van der Waals surface area contributed by atoms with E-state index in [9.17, 15) is 4.79 Å². The lowest BCUT2D eigenvalue weighted by Crippen LogP contribution is -2.51. The van der Waals surface area contributed by atoms with Crippen molar-refractivity contribution in [3.8, 4) is 0 Å². The van der Waals surface area contributed by atoms with E-state index in [0.717, 1.165) is 25.7 Å². The van der Waals surface area contributed by atoms with Crippen molar-refractivity contribution in [2.24, 2.45) is 11.7 Å². The first-order chi connectivity index (χ1) is 6.72. The van der Waals surface area contributed by atoms with E-state index in [1.807, 2.05) is 27.7 Å². The second-order valence-electron chi connectivity index (χ2n) is 5.84. The summed E-state index contributed by atoms with van der Waals surface area (Å²) in [7, 11) is 0. The van der Waals surface area contributed by atoms with Crippen LogP contribution in [0.1, 0.15) is 53.4 Å². The van der Waals surface area contributed by atoms with Crippen LogP contribution in [0.2, 0.25) is 0 Å². The molecule has 0 aliphatic heterocycles. The number of hydrogen-bond donors (Lipinski definition) is 1. The Labute approximate surface area is 92.4 Å². The van der Waals surface area contributed by atoms with E-state index in [0.29, 0.717) is 0 Å². The Morgan fingerprint density at radius 2 is 2.00 bits per heavy atom. The van der Waals surface area contributed by atoms with E-state index >= 15 is 0 Å². The van der Waals surface area contributed by atoms with E-state index in [1.54, 1.807) is 0 Å². The van der Waals surface area contributed by atoms with Gasteiger partial charge < -0.3 is 10.5 Å². The van der Waals surface area contributed by atoms with Gasteiger partial charge in [0, 0.05) is 5.54 Å². The van der Waals surface area contributed by atoms with Crippen LogP contribution in [-0.2, 0) is 9.53 Å². The highest BCUT2D eigenvalue weighted by molar-refractivity contribution is 5.74. The van der Waals surface area contributed by atoms with Crippen LogP contribution in [0, 0.1) is 5.92 Å². The van der Waals surface area contributed by atoms with Gasteiger partial charge in [0.1, 0.15) is 5.60 Å². The minimum absolute atomic E-state index is 0.132. The average Bonchev–Trinajstić information content (AvgIpc) is 1.99. The Bertz CT molecular complexity index is 240. The number of ether oxygens (including phenoxy) is 1. The van der Waals surface area contributed by atoms with Crippen LogP contribution in [0.5, 0.6) is 0 Å². The molecule has 3 nitrogen and oxygen atoms in total. The maximum absolute atomic E-state index is 11.9. The maximum Gasteiger partial charge on any atom is 0.311 e. The Balaban J connectivity index is 2.65. The average molecular weight is 213 g/mol. The molecular weight excluding hydrogens is 190 g/mol. The molecule has 0 heterocycles. The molecule has 0 aromatic carbocycles. The molecule has 1 fully saturated rings. The zero-order valence-corrected chi connectivity index (χ0v) is 10.3. The smallest absolute Gasteiger partial charge is 0.311 e. The molecule has 2 N–H and O–H groups in total. The summed E-state index contributed by atoms with van der Waals surface area (Å²) in [6, 6.07) is 0. The summed E-state index contributed by atoms with van der Waals surface area (Å²) in [6.07, 6.45) is 3.97. The van der Waals surface area contributed by atoms with Gasteiger partial charge >= 0.3 is 5.97 Å². The largest absolute Gasteiger partial charge is 0.460 e. The number of carbonyl (C=O) groups excluding carboxylic acids is 1. The Hall–Kier alpha value is -0.570. The fraction of sp³-hybridized carbons (Fsp3) is 0.917. The molecule has 0 amide bonds. The molecule has 0 saturated heterocycles. The Morgan fingerprint density at radius 3 is 2.47 bits per heavy atom. The van der Waals surface area contributed by atoms with E-state index in [4.69, 9.17) is 10.5 Å². The highest BCUT2D eigenvalue weighted by Gasteiger charge is 2.40. The van der Waals surface area contributed by atoms with Gasteiger partial charge in [-0.05, 0) is 40.5 Å². The number of rotatable bonds is 1. The summed E-state index contributed by atoms with van der Waals surface area (Å²) in [5.41, 5.74) is 5.34. The van der Waals surface area contributed by atoms with Gasteiger partial charge in [-0.1, -0.05) is 12.8 Å². The van der Waals surface area contributed by atoms with Gasteiger partial charge in [-0.15, -0.1) is 0 Å². The number of carbonyl (C=O) groups is 1. The molecule has 1 saturated carbocycles. The van der Waals surface area contributed by atoms with E-state index < -0.39 is 5.60 Å². The summed E-state index contributed by atoms with van der Waals surface area (Å²) in [5, 5.41) is 0. The van der Waals surface area contributed by atoms with Gasteiger partial charge in [0.25, 0.3) is 0 Å². The molecule has 88 valence electrons. The van der Waals surface area contributed by atoms with Crippen LogP contribution in [0.15, 0.2) is 0 Å². The third kappa shape index (κ3) is 3.49. The molecule has 1 aliphatic carbocycles. The predicted molar refractivity (Wildman–Crippen MR) is 60.4 cm³/mol. The summed E-state index contributed by atoms with van der Waals surface area (Å²) in [6.45, 7) is 7.63. The van der Waals surface area contributed by atoms with Crippen molar-refractivity contribution in [1.29, 1.82) is 0 Å². The summed E-state index contributed by atoms with van der Waals surface area (Å²) < 4.78 is 5.39. The molecule has 0 radical (unpaired) electrons. The summed E-state index contributed by atoms with van der Waals surface area (Å²) in [5.74, 6) is -0.266. The lowest BCUT2D eigenvalue weighted by atomic mass is 9.74. The Kier molecular flexibility index (Phi) is 3.44. The lowest BCUT2D eigenvalue weighted by Gasteiger charge is -2.37. The minimum atomic E-state index is -0.412. The summed E-state index contributed by atoms with van der Waals surface area (Å²) in [4.78, 5) is 11.9. The zero-order valence-electron chi connectivity index (χ0n) is 10.3. The van der Waals surface area contributed by atoms with E-state index in [-0.39, 0.29) is 17.4 Å². The lowest BCUT2D eigenvalue weighted by molar-refractivity contribution is -0.163. The molecule has 0 aromatic rings. The zero-order chi connectivity index (χ0) is 11.7. The molecule has 15 heavy (non-hydrogen) atoms. The SMILES string of the molecule is CC(C)(C)OC(=O)C1CCCCC1(C)N. The van der Waals surface area contributed by atoms with E-state index in [1.165, 1.54) is 0 Å². The van der Waals surface area contributed by atoms with E-state index in [2.05, 4.69) is 0 Å². The molecule has 0 bridgehead atoms. The third-order valence-corrected chi connectivity index (χ3v) is 2.95. The molecule has 1 aliphatic rings. The first-order valence-electron chi connectivity index (χ1n) is 5.74. The van der Waals surface area contributed by atoms with Crippen molar-refractivity contribution < 1.29 is 9.53 Å². The van der Waals surface area contributed by atoms with Crippen molar-refractivity contribution in [2.75, 3.05) is 0 Å². The fourth-order valence-corrected chi connectivity index (χ4v) is 2.12. The van der Waals surface area contributed by atoms with Gasteiger partial charge in [0.2, 0.25) is 0 Å². The monoisotopic (exact) mass is 213 g/mol. The van der Waals surface area contributed by atoms with Gasteiger partial charge in [0.15, 0.2) is 0 Å². The standard InChI is InChI=1S/C12H23NO2/c1-11(2,3)15-10(14)9-7-5-6-8-12(9,4)13/h9H,5-8,13H2,1-4H3. The summed E-state index contributed by atoms with van der Waals surface area (Å²) >= 11 is 0. The molecular formula is C12H23NO2. The van der Waals surface area contributed by atoms with Crippen LogP contribution in [0.3, 0.4) is 0 Å². The minimum Gasteiger partial charge on any atom is -0.460 e. The van der Waals surface area contributed by atoms with Crippen molar-refractivity contribution in [3.05, 3.63) is 0 Å². The fourth-order valence-electron chi connectivity index (χ4n) is 2.12. The molecule has 1 rings (SSSR count). The Morgan fingerprint density at radius 1 is 1.40 bits per heavy atom. The van der Waals surface area contributed by atoms with Crippen molar-refractivity contribution >= 4 is 5.97 Å². The third-order valence-electron chi connectivity index (χ3n) is 2.95. The second kappa shape index (κ2) is 4.12.